The normalized spacial score (nSPS) is 10.6. The van der Waals surface area contributed by atoms with E-state index in [9.17, 15) is 38.7 Å². The fourth-order valence-corrected chi connectivity index (χ4v) is 17.8. The summed E-state index contributed by atoms with van der Waals surface area (Å²) >= 11 is -2.40. The van der Waals surface area contributed by atoms with Gasteiger partial charge in [-0.25, -0.2) is 9.59 Å². The number of carboxylic acids is 2. The summed E-state index contributed by atoms with van der Waals surface area (Å²) in [6.07, 6.45) is 4.38. The van der Waals surface area contributed by atoms with E-state index in [1.165, 1.54) is 27.2 Å². The molecule has 2 atom stereocenters. The molecule has 0 radical (unpaired) electrons. The number of aromatic hydroxyl groups is 3. The standard InChI is InChI=1S/C20H30N2O5.C10H12O5.C7H6O2S.C6H6N2O.C6H5.C2H4O2.C2H5.2Hg.Na/c1-20(2,3)10-11-21-15(13-17(23)24)18(25)22-16(19(26)27-4)12-14-8-6-5-7-9-14;1-2-3-15-10(14)6-4-7(11)9(13)8(12)5-6;8-7(9)5-3-1-2-4-6(5)10;7-6(9)5-2-1-3-8-4-5;1-2-4-6-5-3-1;1-2(3)4;1-2;;;/h5-9,15-16,21H,10-13H2,1-4H3,(H,22,25)(H,23,24);4-5,11-13H,2-3H2,1H3;1-4,10H,(H,8,9);1-4H,(H2,7,9);1-5H;1H3,(H,3,4);1H2,2H3;;;/q;;;;;;;3*+1/p-3/t15-,16-;;;;;;;;;/m1........./s1. The van der Waals surface area contributed by atoms with E-state index in [1.54, 1.807) is 38.7 Å². The van der Waals surface area contributed by atoms with Crippen LogP contribution in [0.15, 0.2) is 126 Å². The SMILES string of the molecule is CC(=O)[O][Hg][c]1ccccc1.CCCOC(=O)c1cc(O)c(O)c(O)c1.COC(=O)[C@@H](Cc1ccccc1)NC(=O)[C@@H](CC(=O)O)NCCC(C)(C)C.C[CH2][Hg][S]c1ccccc1C(=O)[O-].NC(=O)c1cccnc1.[Na+]. The van der Waals surface area contributed by atoms with Crippen molar-refractivity contribution >= 4 is 53.0 Å². The second kappa shape index (κ2) is 40.2. The molecule has 0 aliphatic carbocycles. The molecule has 398 valence electrons. The number of carbonyl (C=O) groups excluding carboxylic acids is 6. The molecule has 0 aliphatic rings. The Bertz CT molecular complexity index is 2520. The van der Waals surface area contributed by atoms with Gasteiger partial charge < -0.3 is 46.3 Å². The van der Waals surface area contributed by atoms with Crippen LogP contribution in [0.3, 0.4) is 0 Å². The van der Waals surface area contributed by atoms with Crippen molar-refractivity contribution in [3.8, 4) is 17.2 Å². The minimum absolute atomic E-state index is 0. The average Bonchev–Trinajstić information content (AvgIpc) is 3.38. The van der Waals surface area contributed by atoms with Crippen LogP contribution < -0.4 is 54.1 Å². The molecule has 0 fully saturated rings. The van der Waals surface area contributed by atoms with Gasteiger partial charge in [0.15, 0.2) is 17.2 Å². The Morgan fingerprint density at radius 3 is 1.91 bits per heavy atom. The van der Waals surface area contributed by atoms with Crippen molar-refractivity contribution in [2.75, 3.05) is 20.3 Å². The predicted molar refractivity (Wildman–Crippen MR) is 272 cm³/mol. The maximum absolute atomic E-state index is 12.6. The van der Waals surface area contributed by atoms with Crippen molar-refractivity contribution < 1.29 is 149 Å². The van der Waals surface area contributed by atoms with Crippen LogP contribution in [0, 0.1) is 5.41 Å². The van der Waals surface area contributed by atoms with Gasteiger partial charge in [-0.2, -0.15) is 0 Å². The first-order valence-electron chi connectivity index (χ1n) is 23.6. The number of ether oxygens (including phenoxy) is 2. The van der Waals surface area contributed by atoms with Gasteiger partial charge in [0, 0.05) is 18.8 Å². The number of rotatable bonds is 20. The number of benzene rings is 4. The van der Waals surface area contributed by atoms with Gasteiger partial charge in [0.2, 0.25) is 11.8 Å². The number of nitrogens with two attached hydrogens (primary N) is 1. The Labute approximate surface area is 493 Å². The molecular weight excluding hydrogens is 1390 g/mol. The number of nitrogens with one attached hydrogen (secondary N) is 2. The Balaban J connectivity index is 0.000000980. The van der Waals surface area contributed by atoms with Gasteiger partial charge >= 0.3 is 219 Å². The van der Waals surface area contributed by atoms with Crippen LogP contribution in [-0.2, 0) is 85.8 Å². The molecule has 1 aromatic heterocycles. The van der Waals surface area contributed by atoms with Crippen LogP contribution in [0.1, 0.15) is 97.4 Å². The summed E-state index contributed by atoms with van der Waals surface area (Å²) in [6, 6.07) is 29.8. The number of aliphatic carboxylic acids is 1. The average molecular weight is 1450 g/mol. The minimum Gasteiger partial charge on any atom is -0.366 e. The van der Waals surface area contributed by atoms with Gasteiger partial charge in [-0.05, 0) is 54.6 Å². The van der Waals surface area contributed by atoms with E-state index in [-0.39, 0.29) is 66.0 Å². The zero-order valence-corrected chi connectivity index (χ0v) is 58.1. The monoisotopic (exact) mass is 1460 g/mol. The number of carbonyl (C=O) groups is 7. The number of carboxylic acid groups (broad SMARTS) is 2. The number of primary amides is 1. The summed E-state index contributed by atoms with van der Waals surface area (Å²) in [6.45, 7) is 12.4. The van der Waals surface area contributed by atoms with Crippen molar-refractivity contribution in [1.29, 1.82) is 0 Å². The molecule has 0 unspecified atom stereocenters. The molecular formula is C53H65Hg2N4NaO15S. The molecule has 19 nitrogen and oxygen atoms in total. The van der Waals surface area contributed by atoms with Crippen LogP contribution in [0.2, 0.25) is 3.93 Å². The molecule has 76 heavy (non-hydrogen) atoms. The van der Waals surface area contributed by atoms with E-state index in [0.717, 1.165) is 29.0 Å². The fourth-order valence-electron chi connectivity index (χ4n) is 5.75. The van der Waals surface area contributed by atoms with Gasteiger partial charge in [-0.1, -0.05) is 58.0 Å². The number of amides is 2. The van der Waals surface area contributed by atoms with Crippen LogP contribution >= 0.6 is 8.24 Å². The maximum atomic E-state index is 12.6. The Hall–Kier alpha value is -5.10. The van der Waals surface area contributed by atoms with Crippen molar-refractivity contribution in [3.63, 3.8) is 0 Å². The first-order chi connectivity index (χ1) is 35.5. The summed E-state index contributed by atoms with van der Waals surface area (Å²) < 4.78 is 17.1. The molecule has 0 spiro atoms. The Morgan fingerprint density at radius 2 is 1.42 bits per heavy atom. The van der Waals surface area contributed by atoms with Crippen molar-refractivity contribution in [1.82, 2.24) is 15.6 Å². The summed E-state index contributed by atoms with van der Waals surface area (Å²) in [4.78, 5) is 83.2. The van der Waals surface area contributed by atoms with Gasteiger partial charge in [0.05, 0.1) is 37.3 Å². The minimum atomic E-state index is -1.52. The van der Waals surface area contributed by atoms with E-state index < -0.39 is 113 Å². The molecule has 0 saturated carbocycles. The zero-order valence-electron chi connectivity index (χ0n) is 44.3. The first kappa shape index (κ1) is 70.9. The second-order valence-electron chi connectivity index (χ2n) is 17.2. The topological polar surface area (TPSA) is 314 Å². The molecule has 0 aliphatic heterocycles. The van der Waals surface area contributed by atoms with E-state index >= 15 is 0 Å². The number of pyridine rings is 1. The van der Waals surface area contributed by atoms with Gasteiger partial charge in [-0.15, -0.1) is 0 Å². The number of aromatic carboxylic acids is 1. The van der Waals surface area contributed by atoms with Gasteiger partial charge in [0.25, 0.3) is 0 Å². The summed E-state index contributed by atoms with van der Waals surface area (Å²) in [7, 11) is 3.03. The quantitative estimate of drug-likeness (QED) is 0.0335. The second-order valence-corrected chi connectivity index (χ2v) is 35.8. The molecule has 0 bridgehead atoms. The molecule has 5 aromatic rings. The van der Waals surface area contributed by atoms with Gasteiger partial charge in [0.1, 0.15) is 6.04 Å². The van der Waals surface area contributed by atoms with E-state index in [1.807, 2.05) is 79.7 Å². The summed E-state index contributed by atoms with van der Waals surface area (Å²) in [5.41, 5.74) is 6.64. The fraction of sp³-hybridized carbons (Fsp3) is 0.321. The van der Waals surface area contributed by atoms with Crippen molar-refractivity contribution in [3.05, 3.63) is 144 Å². The smallest absolute Gasteiger partial charge is 0.366 e. The number of hydrogen-bond acceptors (Lipinski definition) is 17. The Morgan fingerprint density at radius 1 is 0.829 bits per heavy atom. The Kier molecular flexibility index (Phi) is 37.5. The molecule has 23 heteroatoms. The van der Waals surface area contributed by atoms with Crippen LogP contribution in [0.5, 0.6) is 17.2 Å². The third-order valence-corrected chi connectivity index (χ3v) is 26.9. The molecule has 4 aromatic carbocycles. The molecule has 5 rings (SSSR count). The number of phenols is 3. The van der Waals surface area contributed by atoms with Gasteiger partial charge in [-0.3, -0.25) is 19.4 Å². The number of methoxy groups -OCH3 is 1. The maximum Gasteiger partial charge on any atom is 1.00 e. The number of esters is 2. The zero-order chi connectivity index (χ0) is 56.3. The van der Waals surface area contributed by atoms with E-state index in [2.05, 4.69) is 43.3 Å². The van der Waals surface area contributed by atoms with Crippen LogP contribution in [0.25, 0.3) is 0 Å². The molecule has 2 amide bonds. The molecule has 8 N–H and O–H groups in total. The molecule has 1 heterocycles. The predicted octanol–water partition coefficient (Wildman–Crippen LogP) is 2.76. The number of nitrogens with zero attached hydrogens (tertiary/aromatic N) is 1. The van der Waals surface area contributed by atoms with Crippen molar-refractivity contribution in [2.45, 2.75) is 88.1 Å². The molecule has 0 saturated heterocycles. The first-order valence-corrected chi connectivity index (χ1v) is 40.2. The number of aromatic nitrogens is 1. The van der Waals surface area contributed by atoms with E-state index in [0.29, 0.717) is 24.1 Å². The third-order valence-electron chi connectivity index (χ3n) is 9.59. The number of hydrogen-bond donors (Lipinski definition) is 7. The van der Waals surface area contributed by atoms with E-state index in [4.69, 9.17) is 38.3 Å². The van der Waals surface area contributed by atoms with Crippen molar-refractivity contribution in [2.24, 2.45) is 11.1 Å². The van der Waals surface area contributed by atoms with Crippen LogP contribution in [-0.4, -0.2) is 99.4 Å². The summed E-state index contributed by atoms with van der Waals surface area (Å²) in [5, 5.41) is 52.7. The third kappa shape index (κ3) is 31.8. The van der Waals surface area contributed by atoms with Crippen LogP contribution in [0.4, 0.5) is 0 Å². The number of phenolic OH excluding ortho intramolecular Hbond substituents is 3. The summed E-state index contributed by atoms with van der Waals surface area (Å²) in [5.74, 6) is -6.25. The largest absolute Gasteiger partial charge is 1.00 e.